The highest BCUT2D eigenvalue weighted by molar-refractivity contribution is 14.1. The molecule has 0 spiro atoms. The maximum absolute atomic E-state index is 11.3. The predicted molar refractivity (Wildman–Crippen MR) is 66.1 cm³/mol. The minimum absolute atomic E-state index is 0.0254. The van der Waals surface area contributed by atoms with Crippen LogP contribution in [0.15, 0.2) is 24.3 Å². The van der Waals surface area contributed by atoms with E-state index in [4.69, 9.17) is 5.73 Å². The number of carbonyl (C=O) groups excluding carboxylic acids is 1. The minimum Gasteiger partial charge on any atom is -0.330 e. The zero-order valence-electron chi connectivity index (χ0n) is 7.79. The van der Waals surface area contributed by atoms with Crippen molar-refractivity contribution in [3.8, 4) is 0 Å². The average Bonchev–Trinajstić information content (AvgIpc) is 2.15. The van der Waals surface area contributed by atoms with Gasteiger partial charge in [-0.2, -0.15) is 0 Å². The molecule has 0 saturated carbocycles. The number of benzene rings is 1. The van der Waals surface area contributed by atoms with Crippen LogP contribution >= 0.6 is 22.6 Å². The summed E-state index contributed by atoms with van der Waals surface area (Å²) >= 11 is 2.21. The standard InChI is InChI=1S/C10H13IN2O/c11-8-3-1-4-9(7-8)13-10(14)5-2-6-12/h1,3-4,7H,2,5-6,12H2,(H,13,14). The van der Waals surface area contributed by atoms with Crippen LogP contribution in [0, 0.1) is 3.57 Å². The van der Waals surface area contributed by atoms with Crippen LogP contribution in [0.5, 0.6) is 0 Å². The lowest BCUT2D eigenvalue weighted by atomic mass is 10.2. The molecule has 76 valence electrons. The van der Waals surface area contributed by atoms with Crippen molar-refractivity contribution in [1.29, 1.82) is 0 Å². The Balaban J connectivity index is 2.47. The molecule has 0 saturated heterocycles. The number of hydrogen-bond acceptors (Lipinski definition) is 2. The summed E-state index contributed by atoms with van der Waals surface area (Å²) in [5.74, 6) is 0.0254. The number of amides is 1. The molecule has 0 fully saturated rings. The predicted octanol–water partition coefficient (Wildman–Crippen LogP) is 1.97. The third-order valence-electron chi connectivity index (χ3n) is 1.72. The highest BCUT2D eigenvalue weighted by atomic mass is 127. The Morgan fingerprint density at radius 3 is 2.93 bits per heavy atom. The van der Waals surface area contributed by atoms with E-state index in [1.807, 2.05) is 24.3 Å². The third-order valence-corrected chi connectivity index (χ3v) is 2.39. The monoisotopic (exact) mass is 304 g/mol. The van der Waals surface area contributed by atoms with Crippen LogP contribution in [0.3, 0.4) is 0 Å². The van der Waals surface area contributed by atoms with Gasteiger partial charge in [-0.1, -0.05) is 6.07 Å². The number of anilines is 1. The SMILES string of the molecule is NCCCC(=O)Nc1cccc(I)c1. The first-order chi connectivity index (χ1) is 6.72. The summed E-state index contributed by atoms with van der Waals surface area (Å²) in [6.07, 6.45) is 1.22. The summed E-state index contributed by atoms with van der Waals surface area (Å²) in [5.41, 5.74) is 6.16. The fourth-order valence-corrected chi connectivity index (χ4v) is 1.60. The van der Waals surface area contributed by atoms with Crippen molar-refractivity contribution in [1.82, 2.24) is 0 Å². The Hall–Kier alpha value is -0.620. The topological polar surface area (TPSA) is 55.1 Å². The van der Waals surface area contributed by atoms with Crippen molar-refractivity contribution >= 4 is 34.2 Å². The van der Waals surface area contributed by atoms with E-state index in [-0.39, 0.29) is 5.91 Å². The maximum Gasteiger partial charge on any atom is 0.224 e. The molecule has 1 amide bonds. The van der Waals surface area contributed by atoms with Gasteiger partial charge in [-0.15, -0.1) is 0 Å². The van der Waals surface area contributed by atoms with E-state index >= 15 is 0 Å². The maximum atomic E-state index is 11.3. The Kier molecular flexibility index (Phi) is 4.89. The second kappa shape index (κ2) is 5.98. The van der Waals surface area contributed by atoms with Crippen LogP contribution in [0.25, 0.3) is 0 Å². The summed E-state index contributed by atoms with van der Waals surface area (Å²) < 4.78 is 1.11. The van der Waals surface area contributed by atoms with Crippen LogP contribution in [-0.4, -0.2) is 12.5 Å². The molecule has 0 aromatic heterocycles. The van der Waals surface area contributed by atoms with Gasteiger partial charge in [0.05, 0.1) is 0 Å². The van der Waals surface area contributed by atoms with Gasteiger partial charge in [0.1, 0.15) is 0 Å². The highest BCUT2D eigenvalue weighted by Crippen LogP contribution is 2.12. The molecule has 1 aromatic carbocycles. The van der Waals surface area contributed by atoms with E-state index in [9.17, 15) is 4.79 Å². The molecule has 1 rings (SSSR count). The molecule has 3 N–H and O–H groups in total. The summed E-state index contributed by atoms with van der Waals surface area (Å²) in [7, 11) is 0. The van der Waals surface area contributed by atoms with Crippen molar-refractivity contribution in [2.45, 2.75) is 12.8 Å². The number of nitrogens with two attached hydrogens (primary N) is 1. The van der Waals surface area contributed by atoms with Crippen molar-refractivity contribution < 1.29 is 4.79 Å². The highest BCUT2D eigenvalue weighted by Gasteiger charge is 2.00. The van der Waals surface area contributed by atoms with E-state index < -0.39 is 0 Å². The van der Waals surface area contributed by atoms with Crippen LogP contribution in [0.4, 0.5) is 5.69 Å². The molecule has 0 unspecified atom stereocenters. The van der Waals surface area contributed by atoms with Gasteiger partial charge < -0.3 is 11.1 Å². The average molecular weight is 304 g/mol. The van der Waals surface area contributed by atoms with Crippen molar-refractivity contribution in [2.75, 3.05) is 11.9 Å². The van der Waals surface area contributed by atoms with Gasteiger partial charge >= 0.3 is 0 Å². The van der Waals surface area contributed by atoms with Crippen molar-refractivity contribution in [2.24, 2.45) is 5.73 Å². The summed E-state index contributed by atoms with van der Waals surface area (Å²) in [6.45, 7) is 0.555. The number of carbonyl (C=O) groups is 1. The van der Waals surface area contributed by atoms with Crippen molar-refractivity contribution in [3.05, 3.63) is 27.8 Å². The molecular formula is C10H13IN2O. The summed E-state index contributed by atoms with van der Waals surface area (Å²) in [6, 6.07) is 7.71. The fourth-order valence-electron chi connectivity index (χ4n) is 1.05. The smallest absolute Gasteiger partial charge is 0.224 e. The van der Waals surface area contributed by atoms with E-state index in [1.165, 1.54) is 0 Å². The molecule has 0 heterocycles. The first-order valence-electron chi connectivity index (χ1n) is 4.48. The zero-order chi connectivity index (χ0) is 10.4. The first-order valence-corrected chi connectivity index (χ1v) is 5.56. The molecule has 0 radical (unpaired) electrons. The second-order valence-electron chi connectivity index (χ2n) is 2.95. The normalized spacial score (nSPS) is 9.86. The largest absolute Gasteiger partial charge is 0.330 e. The minimum atomic E-state index is 0.0254. The lowest BCUT2D eigenvalue weighted by Crippen LogP contribution is -2.13. The molecule has 0 aliphatic carbocycles. The number of halogens is 1. The second-order valence-corrected chi connectivity index (χ2v) is 4.20. The van der Waals surface area contributed by atoms with E-state index in [0.717, 1.165) is 15.7 Å². The van der Waals surface area contributed by atoms with Gasteiger partial charge in [0.2, 0.25) is 5.91 Å². The lowest BCUT2D eigenvalue weighted by Gasteiger charge is -2.04. The first kappa shape index (κ1) is 11.5. The molecule has 4 heteroatoms. The molecule has 14 heavy (non-hydrogen) atoms. The Bertz CT molecular complexity index is 315. The number of rotatable bonds is 4. The Morgan fingerprint density at radius 1 is 1.50 bits per heavy atom. The molecule has 3 nitrogen and oxygen atoms in total. The van der Waals surface area contributed by atoms with Crippen molar-refractivity contribution in [3.63, 3.8) is 0 Å². The Morgan fingerprint density at radius 2 is 2.29 bits per heavy atom. The van der Waals surface area contributed by atoms with Crippen LogP contribution in [0.2, 0.25) is 0 Å². The molecular weight excluding hydrogens is 291 g/mol. The molecule has 1 aromatic rings. The van der Waals surface area contributed by atoms with Gasteiger partial charge in [-0.3, -0.25) is 4.79 Å². The van der Waals surface area contributed by atoms with Crippen LogP contribution in [-0.2, 0) is 4.79 Å². The van der Waals surface area contributed by atoms with Gasteiger partial charge in [0, 0.05) is 15.7 Å². The molecule has 0 bridgehead atoms. The van der Waals surface area contributed by atoms with Gasteiger partial charge in [0.25, 0.3) is 0 Å². The fraction of sp³-hybridized carbons (Fsp3) is 0.300. The van der Waals surface area contributed by atoms with E-state index in [1.54, 1.807) is 0 Å². The third kappa shape index (κ3) is 4.06. The van der Waals surface area contributed by atoms with E-state index in [0.29, 0.717) is 13.0 Å². The van der Waals surface area contributed by atoms with E-state index in [2.05, 4.69) is 27.9 Å². The quantitative estimate of drug-likeness (QED) is 0.836. The number of hydrogen-bond donors (Lipinski definition) is 2. The summed E-state index contributed by atoms with van der Waals surface area (Å²) in [4.78, 5) is 11.3. The van der Waals surface area contributed by atoms with Crippen LogP contribution in [0.1, 0.15) is 12.8 Å². The van der Waals surface area contributed by atoms with Gasteiger partial charge in [-0.25, -0.2) is 0 Å². The Labute approximate surface area is 97.2 Å². The lowest BCUT2D eigenvalue weighted by molar-refractivity contribution is -0.116. The number of nitrogens with one attached hydrogen (secondary N) is 1. The van der Waals surface area contributed by atoms with Gasteiger partial charge in [-0.05, 0) is 53.8 Å². The summed E-state index contributed by atoms with van der Waals surface area (Å²) in [5, 5.41) is 2.82. The zero-order valence-corrected chi connectivity index (χ0v) is 9.95. The molecule has 0 atom stereocenters. The van der Waals surface area contributed by atoms with Gasteiger partial charge in [0.15, 0.2) is 0 Å². The molecule has 0 aliphatic rings. The van der Waals surface area contributed by atoms with Crippen LogP contribution < -0.4 is 11.1 Å². The molecule has 0 aliphatic heterocycles.